The van der Waals surface area contributed by atoms with Gasteiger partial charge >= 0.3 is 0 Å². The van der Waals surface area contributed by atoms with Crippen molar-refractivity contribution in [2.45, 2.75) is 0 Å². The molecule has 0 fully saturated rings. The number of benzene rings is 2. The third kappa shape index (κ3) is 3.24. The lowest BCUT2D eigenvalue weighted by atomic mass is 10.1. The van der Waals surface area contributed by atoms with Crippen LogP contribution in [0.5, 0.6) is 0 Å². The van der Waals surface area contributed by atoms with E-state index in [2.05, 4.69) is 9.97 Å². The molecule has 8 heteroatoms. The van der Waals surface area contributed by atoms with Crippen LogP contribution in [0.2, 0.25) is 20.1 Å². The number of hydrogen-bond acceptors (Lipinski definition) is 2. The summed E-state index contributed by atoms with van der Waals surface area (Å²) in [6, 6.07) is 10.8. The van der Waals surface area contributed by atoms with E-state index in [0.29, 0.717) is 24.9 Å². The maximum Gasteiger partial charge on any atom is 0.205 e. The second kappa shape index (κ2) is 6.87. The van der Waals surface area contributed by atoms with E-state index >= 15 is 0 Å². The molecule has 0 aliphatic rings. The summed E-state index contributed by atoms with van der Waals surface area (Å²) in [7, 11) is 0. The Bertz CT molecular complexity index is 1190. The minimum Gasteiger partial charge on any atom is -0.339 e. The first kappa shape index (κ1) is 17.8. The SMILES string of the molecule is S=c1ncc(-c2cc(Cl)cc(Cl)c2)c2[nH]c(-c3ccc(Cl)c(Cl)c3)cn12. The molecule has 0 saturated carbocycles. The van der Waals surface area contributed by atoms with Gasteiger partial charge in [-0.3, -0.25) is 4.40 Å². The zero-order valence-electron chi connectivity index (χ0n) is 12.9. The molecule has 4 aromatic rings. The highest BCUT2D eigenvalue weighted by atomic mass is 35.5. The molecule has 3 nitrogen and oxygen atoms in total. The van der Waals surface area contributed by atoms with Crippen LogP contribution >= 0.6 is 58.6 Å². The summed E-state index contributed by atoms with van der Waals surface area (Å²) >= 11 is 29.8. The van der Waals surface area contributed by atoms with E-state index in [1.165, 1.54) is 0 Å². The molecule has 0 aliphatic carbocycles. The molecule has 130 valence electrons. The van der Waals surface area contributed by atoms with Gasteiger partial charge in [-0.1, -0.05) is 52.5 Å². The molecule has 0 atom stereocenters. The van der Waals surface area contributed by atoms with Crippen molar-refractivity contribution < 1.29 is 0 Å². The molecule has 26 heavy (non-hydrogen) atoms. The van der Waals surface area contributed by atoms with Crippen LogP contribution in [0.1, 0.15) is 0 Å². The van der Waals surface area contributed by atoms with Gasteiger partial charge < -0.3 is 4.98 Å². The van der Waals surface area contributed by atoms with Crippen LogP contribution in [0.25, 0.3) is 28.0 Å². The number of nitrogens with zero attached hydrogens (tertiary/aromatic N) is 2. The van der Waals surface area contributed by atoms with Gasteiger partial charge in [-0.05, 0) is 48.1 Å². The Labute approximate surface area is 174 Å². The Morgan fingerprint density at radius 2 is 1.62 bits per heavy atom. The molecular weight excluding hydrogens is 432 g/mol. The van der Waals surface area contributed by atoms with Crippen LogP contribution in [-0.4, -0.2) is 14.4 Å². The zero-order valence-corrected chi connectivity index (χ0v) is 16.8. The number of rotatable bonds is 2. The second-order valence-electron chi connectivity index (χ2n) is 5.63. The van der Waals surface area contributed by atoms with Crippen LogP contribution in [0, 0.1) is 4.77 Å². The van der Waals surface area contributed by atoms with E-state index in [4.69, 9.17) is 58.6 Å². The summed E-state index contributed by atoms with van der Waals surface area (Å²) < 4.78 is 2.23. The maximum absolute atomic E-state index is 6.15. The van der Waals surface area contributed by atoms with Gasteiger partial charge in [0, 0.05) is 33.6 Å². The van der Waals surface area contributed by atoms with Crippen molar-refractivity contribution in [3.05, 3.63) is 73.7 Å². The predicted molar refractivity (Wildman–Crippen MR) is 111 cm³/mol. The molecule has 0 unspecified atom stereocenters. The minimum atomic E-state index is 0.430. The van der Waals surface area contributed by atoms with Crippen LogP contribution in [0.15, 0.2) is 48.8 Å². The fraction of sp³-hybridized carbons (Fsp3) is 0. The lowest BCUT2D eigenvalue weighted by Gasteiger charge is -2.05. The molecule has 0 amide bonds. The highest BCUT2D eigenvalue weighted by Crippen LogP contribution is 2.32. The molecule has 4 rings (SSSR count). The second-order valence-corrected chi connectivity index (χ2v) is 7.68. The average molecular weight is 441 g/mol. The van der Waals surface area contributed by atoms with Crippen molar-refractivity contribution in [3.63, 3.8) is 0 Å². The number of H-pyrrole nitrogens is 1. The van der Waals surface area contributed by atoms with Crippen molar-refractivity contribution >= 4 is 64.3 Å². The lowest BCUT2D eigenvalue weighted by Crippen LogP contribution is -1.92. The van der Waals surface area contributed by atoms with Gasteiger partial charge in [0.1, 0.15) is 5.65 Å². The summed E-state index contributed by atoms with van der Waals surface area (Å²) in [5.41, 5.74) is 4.16. The highest BCUT2D eigenvalue weighted by Gasteiger charge is 2.12. The maximum atomic E-state index is 6.15. The largest absolute Gasteiger partial charge is 0.339 e. The van der Waals surface area contributed by atoms with E-state index in [1.54, 1.807) is 28.8 Å². The first-order valence-electron chi connectivity index (χ1n) is 7.44. The summed E-state index contributed by atoms with van der Waals surface area (Å²) in [5.74, 6) is 0. The standard InChI is InChI=1S/C18H9Cl4N3S/c19-11-3-10(4-12(20)6-11)13-7-23-18(26)25-8-16(24-17(13)25)9-1-2-14(21)15(22)5-9/h1-8,24H. The smallest absolute Gasteiger partial charge is 0.205 e. The van der Waals surface area contributed by atoms with Gasteiger partial charge in [-0.25, -0.2) is 4.98 Å². The molecule has 0 bridgehead atoms. The van der Waals surface area contributed by atoms with Gasteiger partial charge in [0.15, 0.2) is 0 Å². The summed E-state index contributed by atoms with van der Waals surface area (Å²) in [6.07, 6.45) is 3.58. The van der Waals surface area contributed by atoms with Crippen molar-refractivity contribution in [2.75, 3.05) is 0 Å². The first-order valence-corrected chi connectivity index (χ1v) is 9.36. The van der Waals surface area contributed by atoms with Gasteiger partial charge in [-0.15, -0.1) is 0 Å². The molecule has 0 spiro atoms. The molecule has 0 radical (unpaired) electrons. The Morgan fingerprint density at radius 1 is 0.885 bits per heavy atom. The molecule has 2 aromatic heterocycles. The predicted octanol–water partition coefficient (Wildman–Crippen LogP) is 7.34. The molecule has 0 aliphatic heterocycles. The minimum absolute atomic E-state index is 0.430. The van der Waals surface area contributed by atoms with Crippen LogP contribution < -0.4 is 0 Å². The van der Waals surface area contributed by atoms with Crippen molar-refractivity contribution in [1.82, 2.24) is 14.4 Å². The first-order chi connectivity index (χ1) is 12.4. The average Bonchev–Trinajstić information content (AvgIpc) is 3.03. The van der Waals surface area contributed by atoms with Gasteiger partial charge in [0.2, 0.25) is 4.77 Å². The topological polar surface area (TPSA) is 33.1 Å². The zero-order chi connectivity index (χ0) is 18.4. The summed E-state index contributed by atoms with van der Waals surface area (Å²) in [4.78, 5) is 7.68. The van der Waals surface area contributed by atoms with Crippen molar-refractivity contribution in [3.8, 4) is 22.4 Å². The van der Waals surface area contributed by atoms with Crippen LogP contribution in [0.3, 0.4) is 0 Å². The van der Waals surface area contributed by atoms with E-state index in [1.807, 2.05) is 24.4 Å². The van der Waals surface area contributed by atoms with Gasteiger partial charge in [0.05, 0.1) is 15.7 Å². The number of aromatic nitrogens is 3. The molecule has 2 heterocycles. The third-order valence-electron chi connectivity index (χ3n) is 3.92. The molecule has 2 aromatic carbocycles. The molecule has 1 N–H and O–H groups in total. The van der Waals surface area contributed by atoms with Gasteiger partial charge in [0.25, 0.3) is 0 Å². The number of nitrogens with one attached hydrogen (secondary N) is 1. The van der Waals surface area contributed by atoms with E-state index in [9.17, 15) is 0 Å². The Kier molecular flexibility index (Phi) is 4.71. The van der Waals surface area contributed by atoms with E-state index in [0.717, 1.165) is 28.0 Å². The number of imidazole rings is 1. The van der Waals surface area contributed by atoms with Gasteiger partial charge in [-0.2, -0.15) is 0 Å². The van der Waals surface area contributed by atoms with Crippen molar-refractivity contribution in [2.24, 2.45) is 0 Å². The number of aromatic amines is 1. The molecular formula is C18H9Cl4N3S. The number of hydrogen-bond donors (Lipinski definition) is 1. The van der Waals surface area contributed by atoms with Crippen LogP contribution in [-0.2, 0) is 0 Å². The summed E-state index contributed by atoms with van der Waals surface area (Å²) in [5, 5.41) is 2.07. The van der Waals surface area contributed by atoms with Crippen molar-refractivity contribution in [1.29, 1.82) is 0 Å². The monoisotopic (exact) mass is 439 g/mol. The Balaban J connectivity index is 1.96. The fourth-order valence-corrected chi connectivity index (χ4v) is 3.76. The summed E-state index contributed by atoms with van der Waals surface area (Å²) in [6.45, 7) is 0. The van der Waals surface area contributed by atoms with E-state index < -0.39 is 0 Å². The third-order valence-corrected chi connectivity index (χ3v) is 5.40. The number of halogens is 4. The Hall–Kier alpha value is -1.56. The normalized spacial score (nSPS) is 11.2. The Morgan fingerprint density at radius 3 is 2.31 bits per heavy atom. The molecule has 0 saturated heterocycles. The van der Waals surface area contributed by atoms with E-state index in [-0.39, 0.29) is 0 Å². The van der Waals surface area contributed by atoms with Crippen LogP contribution in [0.4, 0.5) is 0 Å². The fourth-order valence-electron chi connectivity index (χ4n) is 2.74. The lowest BCUT2D eigenvalue weighted by molar-refractivity contribution is 1.06. The quantitative estimate of drug-likeness (QED) is 0.330. The highest BCUT2D eigenvalue weighted by molar-refractivity contribution is 7.71. The number of fused-ring (bicyclic) bond motifs is 1.